The third-order valence-corrected chi connectivity index (χ3v) is 4.48. The van der Waals surface area contributed by atoms with Crippen LogP contribution in [0.2, 0.25) is 5.02 Å². The van der Waals surface area contributed by atoms with Gasteiger partial charge in [0, 0.05) is 36.4 Å². The van der Waals surface area contributed by atoms with Gasteiger partial charge < -0.3 is 10.2 Å². The zero-order valence-electron chi connectivity index (χ0n) is 15.5. The van der Waals surface area contributed by atoms with Crippen molar-refractivity contribution in [3.05, 3.63) is 64.7 Å². The van der Waals surface area contributed by atoms with Crippen molar-refractivity contribution in [2.75, 3.05) is 33.0 Å². The fourth-order valence-corrected chi connectivity index (χ4v) is 2.64. The summed E-state index contributed by atoms with van der Waals surface area (Å²) in [5.41, 5.74) is 2.34. The Bertz CT molecular complexity index is 758. The fraction of sp³-hybridized carbons (Fsp3) is 0.300. The first kappa shape index (κ1) is 19.9. The normalized spacial score (nSPS) is 11.9. The largest absolute Gasteiger partial charge is 0.345 e. The number of likely N-dealkylation sites (N-methyl/N-ethyl adjacent to an activating group) is 1. The van der Waals surface area contributed by atoms with Crippen LogP contribution in [0, 0.1) is 0 Å². The summed E-state index contributed by atoms with van der Waals surface area (Å²) in [7, 11) is 5.31. The van der Waals surface area contributed by atoms with Crippen LogP contribution < -0.4 is 5.32 Å². The molecular weight excluding hydrogens is 350 g/mol. The highest BCUT2D eigenvalue weighted by molar-refractivity contribution is 6.30. The molecule has 2 rings (SSSR count). The summed E-state index contributed by atoms with van der Waals surface area (Å²) >= 11 is 5.92. The summed E-state index contributed by atoms with van der Waals surface area (Å²) in [4.78, 5) is 27.6. The van der Waals surface area contributed by atoms with Crippen LogP contribution >= 0.6 is 11.6 Å². The first-order valence-corrected chi connectivity index (χ1v) is 8.73. The number of carbonyl (C=O) groups is 2. The second kappa shape index (κ2) is 8.83. The van der Waals surface area contributed by atoms with Crippen molar-refractivity contribution < 1.29 is 9.59 Å². The molecule has 0 spiro atoms. The zero-order valence-corrected chi connectivity index (χ0v) is 16.2. The van der Waals surface area contributed by atoms with E-state index in [9.17, 15) is 9.59 Å². The number of benzene rings is 2. The van der Waals surface area contributed by atoms with Gasteiger partial charge in [-0.2, -0.15) is 0 Å². The highest BCUT2D eigenvalue weighted by atomic mass is 35.5. The van der Waals surface area contributed by atoms with Crippen LogP contribution in [0.5, 0.6) is 0 Å². The second-order valence-electron chi connectivity index (χ2n) is 6.47. The molecule has 1 atom stereocenters. The average Bonchev–Trinajstić information content (AvgIpc) is 2.61. The molecule has 0 radical (unpaired) electrons. The molecule has 26 heavy (non-hydrogen) atoms. The first-order chi connectivity index (χ1) is 12.3. The lowest BCUT2D eigenvalue weighted by Gasteiger charge is -2.24. The maximum atomic E-state index is 12.3. The Balaban J connectivity index is 1.93. The van der Waals surface area contributed by atoms with Crippen LogP contribution in [0.15, 0.2) is 48.5 Å². The quantitative estimate of drug-likeness (QED) is 0.840. The van der Waals surface area contributed by atoms with Gasteiger partial charge >= 0.3 is 0 Å². The number of nitrogens with one attached hydrogen (secondary N) is 1. The minimum absolute atomic E-state index is 0.0700. The minimum atomic E-state index is -0.111. The van der Waals surface area contributed by atoms with Gasteiger partial charge in [-0.25, -0.2) is 0 Å². The molecule has 0 aliphatic heterocycles. The standard InChI is InChI=1S/C20H24ClN3O2/c1-14(15-5-9-17(21)10-6-15)24(4)13-19(25)22-18-11-7-16(8-12-18)20(26)23(2)3/h5-12,14H,13H2,1-4H3,(H,22,25). The molecule has 0 heterocycles. The molecule has 6 heteroatoms. The van der Waals surface area contributed by atoms with Crippen molar-refractivity contribution in [2.45, 2.75) is 13.0 Å². The molecule has 0 bridgehead atoms. The molecular formula is C20H24ClN3O2. The molecule has 2 amide bonds. The summed E-state index contributed by atoms with van der Waals surface area (Å²) in [6, 6.07) is 14.6. The van der Waals surface area contributed by atoms with E-state index in [0.29, 0.717) is 16.3 Å². The maximum Gasteiger partial charge on any atom is 0.253 e. The number of anilines is 1. The number of halogens is 1. The molecule has 0 aliphatic rings. The lowest BCUT2D eigenvalue weighted by atomic mass is 10.1. The smallest absolute Gasteiger partial charge is 0.253 e. The van der Waals surface area contributed by atoms with Gasteiger partial charge in [0.1, 0.15) is 0 Å². The molecule has 0 saturated heterocycles. The van der Waals surface area contributed by atoms with Crippen LogP contribution in [0.25, 0.3) is 0 Å². The second-order valence-corrected chi connectivity index (χ2v) is 6.90. The van der Waals surface area contributed by atoms with Crippen molar-refractivity contribution in [2.24, 2.45) is 0 Å². The number of carbonyl (C=O) groups excluding carboxylic acids is 2. The van der Waals surface area contributed by atoms with Crippen LogP contribution in [0.1, 0.15) is 28.9 Å². The molecule has 138 valence electrons. The van der Waals surface area contributed by atoms with Crippen molar-refractivity contribution in [1.29, 1.82) is 0 Å². The Morgan fingerprint density at radius 3 is 2.12 bits per heavy atom. The molecule has 1 N–H and O–H groups in total. The first-order valence-electron chi connectivity index (χ1n) is 8.35. The van der Waals surface area contributed by atoms with E-state index >= 15 is 0 Å². The van der Waals surface area contributed by atoms with E-state index in [0.717, 1.165) is 5.56 Å². The fourth-order valence-electron chi connectivity index (χ4n) is 2.51. The van der Waals surface area contributed by atoms with Crippen molar-refractivity contribution in [1.82, 2.24) is 9.80 Å². The van der Waals surface area contributed by atoms with E-state index in [-0.39, 0.29) is 24.4 Å². The molecule has 0 fully saturated rings. The monoisotopic (exact) mass is 373 g/mol. The van der Waals surface area contributed by atoms with E-state index in [4.69, 9.17) is 11.6 Å². The topological polar surface area (TPSA) is 52.7 Å². The number of hydrogen-bond donors (Lipinski definition) is 1. The van der Waals surface area contributed by atoms with Crippen LogP contribution in [-0.4, -0.2) is 49.3 Å². The lowest BCUT2D eigenvalue weighted by molar-refractivity contribution is -0.117. The molecule has 2 aromatic rings. The molecule has 0 aromatic heterocycles. The van der Waals surface area contributed by atoms with E-state index in [2.05, 4.69) is 5.32 Å². The zero-order chi connectivity index (χ0) is 19.3. The van der Waals surface area contributed by atoms with E-state index in [1.54, 1.807) is 38.4 Å². The SMILES string of the molecule is CC(c1ccc(Cl)cc1)N(C)CC(=O)Nc1ccc(C(=O)N(C)C)cc1. The molecule has 0 saturated carbocycles. The summed E-state index contributed by atoms with van der Waals surface area (Å²) in [6.45, 7) is 2.29. The lowest BCUT2D eigenvalue weighted by Crippen LogP contribution is -2.32. The van der Waals surface area contributed by atoms with Gasteiger partial charge in [0.2, 0.25) is 5.91 Å². The summed E-state index contributed by atoms with van der Waals surface area (Å²) in [5, 5.41) is 3.55. The summed E-state index contributed by atoms with van der Waals surface area (Å²) in [5.74, 6) is -0.181. The van der Waals surface area contributed by atoms with E-state index < -0.39 is 0 Å². The van der Waals surface area contributed by atoms with E-state index in [1.807, 2.05) is 43.1 Å². The maximum absolute atomic E-state index is 12.3. The third kappa shape index (κ3) is 5.31. The summed E-state index contributed by atoms with van der Waals surface area (Å²) in [6.07, 6.45) is 0. The predicted octanol–water partition coefficient (Wildman–Crippen LogP) is 3.67. The number of hydrogen-bond acceptors (Lipinski definition) is 3. The Morgan fingerprint density at radius 2 is 1.58 bits per heavy atom. The Hall–Kier alpha value is -2.37. The van der Waals surface area contributed by atoms with Crippen molar-refractivity contribution >= 4 is 29.1 Å². The third-order valence-electron chi connectivity index (χ3n) is 4.23. The van der Waals surface area contributed by atoms with E-state index in [1.165, 1.54) is 4.90 Å². The highest BCUT2D eigenvalue weighted by Crippen LogP contribution is 2.20. The van der Waals surface area contributed by atoms with Crippen LogP contribution in [-0.2, 0) is 4.79 Å². The van der Waals surface area contributed by atoms with Gasteiger partial charge in [-0.05, 0) is 55.9 Å². The van der Waals surface area contributed by atoms with Crippen LogP contribution in [0.3, 0.4) is 0 Å². The predicted molar refractivity (Wildman–Crippen MR) is 106 cm³/mol. The average molecular weight is 374 g/mol. The van der Waals surface area contributed by atoms with Gasteiger partial charge in [-0.1, -0.05) is 23.7 Å². The number of nitrogens with zero attached hydrogens (tertiary/aromatic N) is 2. The molecule has 2 aromatic carbocycles. The van der Waals surface area contributed by atoms with Gasteiger partial charge in [0.05, 0.1) is 6.54 Å². The summed E-state index contributed by atoms with van der Waals surface area (Å²) < 4.78 is 0. The Morgan fingerprint density at radius 1 is 1.00 bits per heavy atom. The van der Waals surface area contributed by atoms with Gasteiger partial charge in [-0.3, -0.25) is 14.5 Å². The molecule has 0 aliphatic carbocycles. The van der Waals surface area contributed by atoms with Gasteiger partial charge in [-0.15, -0.1) is 0 Å². The number of amides is 2. The van der Waals surface area contributed by atoms with Crippen molar-refractivity contribution in [3.8, 4) is 0 Å². The minimum Gasteiger partial charge on any atom is -0.345 e. The van der Waals surface area contributed by atoms with Gasteiger partial charge in [0.25, 0.3) is 5.91 Å². The molecule has 1 unspecified atom stereocenters. The Labute approximate surface area is 159 Å². The number of rotatable bonds is 6. The van der Waals surface area contributed by atoms with Crippen molar-refractivity contribution in [3.63, 3.8) is 0 Å². The Kier molecular flexibility index (Phi) is 6.77. The highest BCUT2D eigenvalue weighted by Gasteiger charge is 2.15. The van der Waals surface area contributed by atoms with Gasteiger partial charge in [0.15, 0.2) is 0 Å². The van der Waals surface area contributed by atoms with Crippen LogP contribution in [0.4, 0.5) is 5.69 Å². The molecule has 5 nitrogen and oxygen atoms in total.